The number of ether oxygens (including phenoxy) is 2. The van der Waals surface area contributed by atoms with Crippen molar-refractivity contribution in [2.45, 2.75) is 24.7 Å². The molecule has 0 radical (unpaired) electrons. The van der Waals surface area contributed by atoms with Crippen LogP contribution in [0.5, 0.6) is 11.5 Å². The number of nitrogens with two attached hydrogens (primary N) is 1. The van der Waals surface area contributed by atoms with Crippen LogP contribution in [-0.4, -0.2) is 13.3 Å². The van der Waals surface area contributed by atoms with Gasteiger partial charge in [0.25, 0.3) is 0 Å². The van der Waals surface area contributed by atoms with Crippen molar-refractivity contribution in [3.63, 3.8) is 0 Å². The molecule has 0 amide bonds. The van der Waals surface area contributed by atoms with Crippen molar-refractivity contribution >= 4 is 11.6 Å². The minimum absolute atomic E-state index is 0.116. The van der Waals surface area contributed by atoms with E-state index < -0.39 is 0 Å². The minimum Gasteiger partial charge on any atom is -0.454 e. The second kappa shape index (κ2) is 3.54. The van der Waals surface area contributed by atoms with Gasteiger partial charge in [-0.15, -0.1) is 0 Å². The summed E-state index contributed by atoms with van der Waals surface area (Å²) in [5.41, 5.74) is 7.19. The Hall–Kier alpha value is -0.930. The summed E-state index contributed by atoms with van der Waals surface area (Å²) in [6.07, 6.45) is 3.52. The summed E-state index contributed by atoms with van der Waals surface area (Å²) in [7, 11) is 0. The monoisotopic (exact) mass is 239 g/mol. The van der Waals surface area contributed by atoms with E-state index in [9.17, 15) is 0 Å². The Labute approximate surface area is 99.5 Å². The highest BCUT2D eigenvalue weighted by Crippen LogP contribution is 2.48. The fourth-order valence-corrected chi connectivity index (χ4v) is 2.75. The fraction of sp³-hybridized carbons (Fsp3) is 0.500. The first-order valence-electron chi connectivity index (χ1n) is 5.55. The molecular formula is C12H14ClNO2. The number of halogens is 1. The fourth-order valence-electron chi connectivity index (χ4n) is 2.49. The van der Waals surface area contributed by atoms with Crippen molar-refractivity contribution in [1.29, 1.82) is 0 Å². The van der Waals surface area contributed by atoms with Gasteiger partial charge in [-0.05, 0) is 30.5 Å². The standard InChI is InChI=1S/C12H14ClNO2/c13-9-4-8(12(6-14)2-1-3-12)5-10-11(9)16-7-15-10/h4-5H,1-3,6-7,14H2. The van der Waals surface area contributed by atoms with Gasteiger partial charge in [-0.1, -0.05) is 18.0 Å². The van der Waals surface area contributed by atoms with Gasteiger partial charge >= 0.3 is 0 Å². The van der Waals surface area contributed by atoms with Crippen molar-refractivity contribution in [3.8, 4) is 11.5 Å². The van der Waals surface area contributed by atoms with Gasteiger partial charge in [0.2, 0.25) is 6.79 Å². The van der Waals surface area contributed by atoms with Crippen molar-refractivity contribution in [1.82, 2.24) is 0 Å². The SMILES string of the molecule is NCC1(c2cc(Cl)c3c(c2)OCO3)CCC1. The highest BCUT2D eigenvalue weighted by molar-refractivity contribution is 6.32. The molecule has 1 fully saturated rings. The largest absolute Gasteiger partial charge is 0.454 e. The third-order valence-corrected chi connectivity index (χ3v) is 4.02. The smallest absolute Gasteiger partial charge is 0.231 e. The third-order valence-electron chi connectivity index (χ3n) is 3.74. The van der Waals surface area contributed by atoms with E-state index in [1.165, 1.54) is 12.0 Å². The molecule has 1 aliphatic heterocycles. The van der Waals surface area contributed by atoms with E-state index in [1.807, 2.05) is 12.1 Å². The maximum absolute atomic E-state index is 6.17. The maximum Gasteiger partial charge on any atom is 0.231 e. The molecule has 0 bridgehead atoms. The zero-order valence-corrected chi connectivity index (χ0v) is 9.72. The molecule has 1 aromatic rings. The molecular weight excluding hydrogens is 226 g/mol. The van der Waals surface area contributed by atoms with E-state index in [-0.39, 0.29) is 12.2 Å². The van der Waals surface area contributed by atoms with Crippen LogP contribution in [0.3, 0.4) is 0 Å². The number of fused-ring (bicyclic) bond motifs is 1. The quantitative estimate of drug-likeness (QED) is 0.862. The van der Waals surface area contributed by atoms with Crippen LogP contribution < -0.4 is 15.2 Å². The summed E-state index contributed by atoms with van der Waals surface area (Å²) in [6.45, 7) is 0.928. The normalized spacial score (nSPS) is 20.6. The highest BCUT2D eigenvalue weighted by Gasteiger charge is 2.38. The van der Waals surface area contributed by atoms with E-state index in [2.05, 4.69) is 0 Å². The lowest BCUT2D eigenvalue weighted by molar-refractivity contribution is 0.173. The predicted octanol–water partition coefficient (Wildman–Crippen LogP) is 2.45. The van der Waals surface area contributed by atoms with Crippen molar-refractivity contribution in [2.75, 3.05) is 13.3 Å². The first-order valence-corrected chi connectivity index (χ1v) is 5.93. The van der Waals surface area contributed by atoms with Gasteiger partial charge in [0.15, 0.2) is 11.5 Å². The average Bonchev–Trinajstić information content (AvgIpc) is 2.65. The number of hydrogen-bond acceptors (Lipinski definition) is 3. The van der Waals surface area contributed by atoms with Crippen LogP contribution in [0, 0.1) is 0 Å². The van der Waals surface area contributed by atoms with Crippen molar-refractivity contribution in [3.05, 3.63) is 22.7 Å². The molecule has 1 saturated carbocycles. The molecule has 0 atom stereocenters. The molecule has 2 N–H and O–H groups in total. The van der Waals surface area contributed by atoms with Gasteiger partial charge in [-0.2, -0.15) is 0 Å². The van der Waals surface area contributed by atoms with Gasteiger partial charge in [-0.3, -0.25) is 0 Å². The second-order valence-electron chi connectivity index (χ2n) is 4.53. The van der Waals surface area contributed by atoms with Crippen LogP contribution in [0.25, 0.3) is 0 Å². The van der Waals surface area contributed by atoms with Crippen molar-refractivity contribution in [2.24, 2.45) is 5.73 Å². The van der Waals surface area contributed by atoms with Crippen LogP contribution in [0.2, 0.25) is 5.02 Å². The molecule has 86 valence electrons. The summed E-state index contributed by atoms with van der Waals surface area (Å²) >= 11 is 6.17. The second-order valence-corrected chi connectivity index (χ2v) is 4.94. The van der Waals surface area contributed by atoms with E-state index in [4.69, 9.17) is 26.8 Å². The topological polar surface area (TPSA) is 44.5 Å². The van der Waals surface area contributed by atoms with E-state index >= 15 is 0 Å². The Morgan fingerprint density at radius 2 is 2.12 bits per heavy atom. The third kappa shape index (κ3) is 1.31. The van der Waals surface area contributed by atoms with Crippen molar-refractivity contribution < 1.29 is 9.47 Å². The van der Waals surface area contributed by atoms with Gasteiger partial charge in [0.05, 0.1) is 5.02 Å². The first kappa shape index (κ1) is 10.2. The first-order chi connectivity index (χ1) is 7.75. The number of rotatable bonds is 2. The minimum atomic E-state index is 0.116. The molecule has 3 rings (SSSR count). The van der Waals surface area contributed by atoms with E-state index in [0.717, 1.165) is 18.6 Å². The molecule has 1 heterocycles. The molecule has 0 unspecified atom stereocenters. The summed E-state index contributed by atoms with van der Waals surface area (Å²) in [5.74, 6) is 1.42. The van der Waals surface area contributed by atoms with Crippen LogP contribution in [0.4, 0.5) is 0 Å². The molecule has 4 heteroatoms. The Morgan fingerprint density at radius 3 is 2.75 bits per heavy atom. The summed E-state index contributed by atoms with van der Waals surface area (Å²) in [6, 6.07) is 4.00. The van der Waals surface area contributed by atoms with Gasteiger partial charge in [0, 0.05) is 12.0 Å². The summed E-state index contributed by atoms with van der Waals surface area (Å²) in [5, 5.41) is 0.629. The lowest BCUT2D eigenvalue weighted by Gasteiger charge is -2.41. The molecule has 0 spiro atoms. The Balaban J connectivity index is 2.05. The highest BCUT2D eigenvalue weighted by atomic mass is 35.5. The Bertz CT molecular complexity index is 424. The van der Waals surface area contributed by atoms with Gasteiger partial charge in [0.1, 0.15) is 0 Å². The molecule has 1 aliphatic carbocycles. The molecule has 0 saturated heterocycles. The zero-order valence-electron chi connectivity index (χ0n) is 8.96. The van der Waals surface area contributed by atoms with Crippen LogP contribution in [0.1, 0.15) is 24.8 Å². The summed E-state index contributed by atoms with van der Waals surface area (Å²) in [4.78, 5) is 0. The molecule has 1 aromatic carbocycles. The Kier molecular flexibility index (Phi) is 2.26. The predicted molar refractivity (Wildman–Crippen MR) is 62.2 cm³/mol. The Morgan fingerprint density at radius 1 is 1.31 bits per heavy atom. The van der Waals surface area contributed by atoms with Gasteiger partial charge < -0.3 is 15.2 Å². The van der Waals surface area contributed by atoms with Crippen LogP contribution in [0.15, 0.2) is 12.1 Å². The number of benzene rings is 1. The van der Waals surface area contributed by atoms with Crippen LogP contribution >= 0.6 is 11.6 Å². The molecule has 3 nitrogen and oxygen atoms in total. The molecule has 2 aliphatic rings. The lowest BCUT2D eigenvalue weighted by atomic mass is 9.64. The zero-order chi connectivity index (χ0) is 11.2. The average molecular weight is 240 g/mol. The molecule has 16 heavy (non-hydrogen) atoms. The van der Waals surface area contributed by atoms with E-state index in [0.29, 0.717) is 17.3 Å². The van der Waals surface area contributed by atoms with Gasteiger partial charge in [-0.25, -0.2) is 0 Å². The maximum atomic E-state index is 6.17. The lowest BCUT2D eigenvalue weighted by Crippen LogP contribution is -2.41. The molecule has 0 aromatic heterocycles. The van der Waals surface area contributed by atoms with E-state index in [1.54, 1.807) is 0 Å². The summed E-state index contributed by atoms with van der Waals surface area (Å²) < 4.78 is 10.7. The van der Waals surface area contributed by atoms with Crippen LogP contribution in [-0.2, 0) is 5.41 Å². The number of hydrogen-bond donors (Lipinski definition) is 1.